The van der Waals surface area contributed by atoms with Gasteiger partial charge in [0, 0.05) is 12.6 Å². The van der Waals surface area contributed by atoms with Crippen molar-refractivity contribution in [2.45, 2.75) is 38.5 Å². The molecule has 1 aliphatic carbocycles. The fourth-order valence-corrected chi connectivity index (χ4v) is 2.47. The van der Waals surface area contributed by atoms with Gasteiger partial charge in [0.2, 0.25) is 5.91 Å². The number of carbonyl (C=O) groups is 2. The van der Waals surface area contributed by atoms with E-state index < -0.39 is 5.91 Å². The minimum Gasteiger partial charge on any atom is -0.364 e. The lowest BCUT2D eigenvalue weighted by atomic mass is 10.0. The number of rotatable bonds is 5. The van der Waals surface area contributed by atoms with Crippen LogP contribution in [0.2, 0.25) is 0 Å². The molecule has 0 radical (unpaired) electrons. The molecule has 2 amide bonds. The Morgan fingerprint density at radius 2 is 2.11 bits per heavy atom. The summed E-state index contributed by atoms with van der Waals surface area (Å²) < 4.78 is 0. The Kier molecular flexibility index (Phi) is 4.02. The predicted octanol–water partition coefficient (Wildman–Crippen LogP) is 2.02. The molecule has 1 aromatic heterocycles. The van der Waals surface area contributed by atoms with Crippen LogP contribution in [0.15, 0.2) is 12.3 Å². The van der Waals surface area contributed by atoms with Crippen LogP contribution < -0.4 is 11.1 Å². The van der Waals surface area contributed by atoms with Gasteiger partial charge in [-0.25, -0.2) is 0 Å². The maximum Gasteiger partial charge on any atom is 0.265 e. The van der Waals surface area contributed by atoms with E-state index in [1.54, 1.807) is 12.3 Å². The van der Waals surface area contributed by atoms with Crippen molar-refractivity contribution in [2.24, 2.45) is 11.7 Å². The number of primary amides is 1. The van der Waals surface area contributed by atoms with Gasteiger partial charge in [-0.2, -0.15) is 0 Å². The summed E-state index contributed by atoms with van der Waals surface area (Å²) in [6.07, 6.45) is 8.18. The van der Waals surface area contributed by atoms with Gasteiger partial charge in [-0.15, -0.1) is 0 Å². The van der Waals surface area contributed by atoms with Crippen molar-refractivity contribution < 1.29 is 9.59 Å². The number of anilines is 1. The molecule has 0 aliphatic heterocycles. The van der Waals surface area contributed by atoms with Crippen LogP contribution >= 0.6 is 0 Å². The highest BCUT2D eigenvalue weighted by molar-refractivity contribution is 5.95. The van der Waals surface area contributed by atoms with E-state index in [0.717, 1.165) is 6.42 Å². The van der Waals surface area contributed by atoms with Crippen LogP contribution in [0.5, 0.6) is 0 Å². The lowest BCUT2D eigenvalue weighted by molar-refractivity contribution is -0.116. The van der Waals surface area contributed by atoms with Crippen LogP contribution in [0.3, 0.4) is 0 Å². The Morgan fingerprint density at radius 3 is 2.72 bits per heavy atom. The summed E-state index contributed by atoms with van der Waals surface area (Å²) in [4.78, 5) is 25.3. The second-order valence-corrected chi connectivity index (χ2v) is 4.90. The molecule has 98 valence electrons. The van der Waals surface area contributed by atoms with Gasteiger partial charge in [0.25, 0.3) is 5.91 Å². The second kappa shape index (κ2) is 5.71. The van der Waals surface area contributed by atoms with Gasteiger partial charge in [0.15, 0.2) is 0 Å². The first-order valence-electron chi connectivity index (χ1n) is 6.43. The average Bonchev–Trinajstić information content (AvgIpc) is 2.96. The summed E-state index contributed by atoms with van der Waals surface area (Å²) in [5.41, 5.74) is 6.02. The topological polar surface area (TPSA) is 88.0 Å². The maximum absolute atomic E-state index is 11.7. The van der Waals surface area contributed by atoms with Gasteiger partial charge < -0.3 is 16.0 Å². The Morgan fingerprint density at radius 1 is 1.39 bits per heavy atom. The number of H-pyrrole nitrogens is 1. The zero-order chi connectivity index (χ0) is 13.0. The monoisotopic (exact) mass is 249 g/mol. The van der Waals surface area contributed by atoms with Crippen molar-refractivity contribution >= 4 is 17.5 Å². The number of nitrogens with one attached hydrogen (secondary N) is 2. The molecule has 0 aromatic carbocycles. The number of aromatic amines is 1. The third kappa shape index (κ3) is 3.35. The van der Waals surface area contributed by atoms with Crippen LogP contribution in [0.4, 0.5) is 5.69 Å². The average molecular weight is 249 g/mol. The van der Waals surface area contributed by atoms with E-state index in [2.05, 4.69) is 10.3 Å². The molecule has 5 heteroatoms. The number of carbonyl (C=O) groups excluding carboxylic acids is 2. The minimum absolute atomic E-state index is 0.00285. The molecule has 18 heavy (non-hydrogen) atoms. The van der Waals surface area contributed by atoms with E-state index in [0.29, 0.717) is 23.7 Å². The molecule has 0 unspecified atom stereocenters. The standard InChI is InChI=1S/C13H19N3O2/c14-13(18)11-7-10(8-15-11)16-12(17)6-5-9-3-1-2-4-9/h7-9,15H,1-6H2,(H2,14,18)(H,16,17). The Bertz CT molecular complexity index is 433. The molecule has 0 bridgehead atoms. The number of amides is 2. The van der Waals surface area contributed by atoms with Gasteiger partial charge in [-0.1, -0.05) is 25.7 Å². The number of aromatic nitrogens is 1. The van der Waals surface area contributed by atoms with Crippen molar-refractivity contribution in [3.05, 3.63) is 18.0 Å². The van der Waals surface area contributed by atoms with Crippen molar-refractivity contribution in [3.8, 4) is 0 Å². The van der Waals surface area contributed by atoms with Crippen molar-refractivity contribution in [3.63, 3.8) is 0 Å². The zero-order valence-electron chi connectivity index (χ0n) is 10.4. The van der Waals surface area contributed by atoms with Crippen LogP contribution in [0.25, 0.3) is 0 Å². The van der Waals surface area contributed by atoms with Gasteiger partial charge in [-0.3, -0.25) is 9.59 Å². The fraction of sp³-hybridized carbons (Fsp3) is 0.538. The van der Waals surface area contributed by atoms with Crippen LogP contribution in [0, 0.1) is 5.92 Å². The predicted molar refractivity (Wildman–Crippen MR) is 69.1 cm³/mol. The summed E-state index contributed by atoms with van der Waals surface area (Å²) in [7, 11) is 0. The molecule has 1 aliphatic rings. The summed E-state index contributed by atoms with van der Waals surface area (Å²) in [5, 5.41) is 2.76. The molecule has 0 spiro atoms. The van der Waals surface area contributed by atoms with Gasteiger partial charge in [0.05, 0.1) is 5.69 Å². The van der Waals surface area contributed by atoms with Gasteiger partial charge >= 0.3 is 0 Å². The second-order valence-electron chi connectivity index (χ2n) is 4.90. The van der Waals surface area contributed by atoms with E-state index in [-0.39, 0.29) is 5.91 Å². The van der Waals surface area contributed by atoms with Gasteiger partial charge in [-0.05, 0) is 18.4 Å². The summed E-state index contributed by atoms with van der Waals surface area (Å²) in [6, 6.07) is 1.55. The van der Waals surface area contributed by atoms with E-state index in [4.69, 9.17) is 5.73 Å². The summed E-state index contributed by atoms with van der Waals surface area (Å²) >= 11 is 0. The summed E-state index contributed by atoms with van der Waals surface area (Å²) in [5.74, 6) is 0.182. The molecule has 5 nitrogen and oxygen atoms in total. The molecule has 0 atom stereocenters. The highest BCUT2D eigenvalue weighted by Gasteiger charge is 2.16. The number of hydrogen-bond acceptors (Lipinski definition) is 2. The molecular formula is C13H19N3O2. The molecular weight excluding hydrogens is 230 g/mol. The van der Waals surface area contributed by atoms with Gasteiger partial charge in [0.1, 0.15) is 5.69 Å². The van der Waals surface area contributed by atoms with E-state index in [1.165, 1.54) is 25.7 Å². The maximum atomic E-state index is 11.7. The smallest absolute Gasteiger partial charge is 0.265 e. The van der Waals surface area contributed by atoms with Crippen LogP contribution in [0.1, 0.15) is 49.0 Å². The third-order valence-corrected chi connectivity index (χ3v) is 3.49. The van der Waals surface area contributed by atoms with Crippen LogP contribution in [-0.4, -0.2) is 16.8 Å². The SMILES string of the molecule is NC(=O)c1cc(NC(=O)CCC2CCCC2)c[nH]1. The first-order chi connectivity index (χ1) is 8.65. The van der Waals surface area contributed by atoms with Crippen molar-refractivity contribution in [1.82, 2.24) is 4.98 Å². The molecule has 1 aromatic rings. The Labute approximate surface area is 106 Å². The molecule has 1 saturated carbocycles. The molecule has 1 fully saturated rings. The minimum atomic E-state index is -0.526. The number of nitrogens with two attached hydrogens (primary N) is 1. The fourth-order valence-electron chi connectivity index (χ4n) is 2.47. The molecule has 0 saturated heterocycles. The zero-order valence-corrected chi connectivity index (χ0v) is 10.4. The normalized spacial score (nSPS) is 15.8. The van der Waals surface area contributed by atoms with E-state index in [1.807, 2.05) is 0 Å². The van der Waals surface area contributed by atoms with Crippen LogP contribution in [-0.2, 0) is 4.79 Å². The third-order valence-electron chi connectivity index (χ3n) is 3.49. The quantitative estimate of drug-likeness (QED) is 0.745. The Balaban J connectivity index is 1.77. The van der Waals surface area contributed by atoms with Crippen molar-refractivity contribution in [2.75, 3.05) is 5.32 Å². The molecule has 4 N–H and O–H groups in total. The summed E-state index contributed by atoms with van der Waals surface area (Å²) in [6.45, 7) is 0. The van der Waals surface area contributed by atoms with Crippen molar-refractivity contribution in [1.29, 1.82) is 0 Å². The highest BCUT2D eigenvalue weighted by Crippen LogP contribution is 2.28. The Hall–Kier alpha value is -1.78. The lowest BCUT2D eigenvalue weighted by Crippen LogP contribution is -2.13. The first-order valence-corrected chi connectivity index (χ1v) is 6.43. The lowest BCUT2D eigenvalue weighted by Gasteiger charge is -2.07. The molecule has 1 heterocycles. The van der Waals surface area contributed by atoms with E-state index in [9.17, 15) is 9.59 Å². The van der Waals surface area contributed by atoms with E-state index >= 15 is 0 Å². The largest absolute Gasteiger partial charge is 0.364 e. The number of hydrogen-bond donors (Lipinski definition) is 3. The molecule has 2 rings (SSSR count). The first kappa shape index (κ1) is 12.7. The highest BCUT2D eigenvalue weighted by atomic mass is 16.2.